The SMILES string of the molecule is Cc1cc(N(c2ccc(-c3ccccc3)cc2)c2ccc(-c3ccc(C(C)C)cc3)cc2)ccc1-c1ccc(N(c2ccc(-c3ccccc3)cc2)c2ccc(-c3ccc(C(C)C)cc3)cc2)cc1. The molecular formula is C67H58N2. The van der Waals surface area contributed by atoms with Gasteiger partial charge < -0.3 is 9.80 Å². The predicted octanol–water partition coefficient (Wildman–Crippen LogP) is 19.5. The molecule has 10 rings (SSSR count). The van der Waals surface area contributed by atoms with E-state index in [0.717, 1.165) is 34.1 Å². The first-order valence-electron chi connectivity index (χ1n) is 24.3. The number of hydrogen-bond acceptors (Lipinski definition) is 2. The quantitative estimate of drug-likeness (QED) is 0.114. The van der Waals surface area contributed by atoms with Gasteiger partial charge in [0, 0.05) is 34.1 Å². The molecule has 0 aromatic heterocycles. The van der Waals surface area contributed by atoms with Gasteiger partial charge in [0.05, 0.1) is 0 Å². The van der Waals surface area contributed by atoms with Gasteiger partial charge in [0.1, 0.15) is 0 Å². The zero-order chi connectivity index (χ0) is 47.3. The molecule has 0 spiro atoms. The maximum atomic E-state index is 2.37. The molecule has 0 bridgehead atoms. The van der Waals surface area contributed by atoms with Crippen LogP contribution in [0.15, 0.2) is 249 Å². The van der Waals surface area contributed by atoms with E-state index >= 15 is 0 Å². The third-order valence-corrected chi connectivity index (χ3v) is 13.4. The van der Waals surface area contributed by atoms with Crippen LogP contribution < -0.4 is 9.80 Å². The van der Waals surface area contributed by atoms with Gasteiger partial charge in [-0.3, -0.25) is 0 Å². The Bertz CT molecular complexity index is 3240. The van der Waals surface area contributed by atoms with Gasteiger partial charge in [-0.15, -0.1) is 0 Å². The summed E-state index contributed by atoms with van der Waals surface area (Å²) in [6, 6.07) is 90.8. The summed E-state index contributed by atoms with van der Waals surface area (Å²) < 4.78 is 0. The summed E-state index contributed by atoms with van der Waals surface area (Å²) in [5, 5.41) is 0. The smallest absolute Gasteiger partial charge is 0.0464 e. The Hall–Kier alpha value is -8.20. The molecule has 0 aliphatic rings. The van der Waals surface area contributed by atoms with E-state index in [4.69, 9.17) is 0 Å². The number of anilines is 6. The van der Waals surface area contributed by atoms with E-state index in [-0.39, 0.29) is 0 Å². The highest BCUT2D eigenvalue weighted by atomic mass is 15.1. The lowest BCUT2D eigenvalue weighted by Crippen LogP contribution is -2.10. The summed E-state index contributed by atoms with van der Waals surface area (Å²) in [6.07, 6.45) is 0. The van der Waals surface area contributed by atoms with E-state index in [1.54, 1.807) is 0 Å². The number of rotatable bonds is 13. The first kappa shape index (κ1) is 44.6. The largest absolute Gasteiger partial charge is 0.311 e. The lowest BCUT2D eigenvalue weighted by atomic mass is 9.97. The average Bonchev–Trinajstić information content (AvgIpc) is 3.40. The highest BCUT2D eigenvalue weighted by Gasteiger charge is 2.18. The van der Waals surface area contributed by atoms with Gasteiger partial charge in [-0.25, -0.2) is 0 Å². The lowest BCUT2D eigenvalue weighted by Gasteiger charge is -2.27. The molecule has 0 heterocycles. The Kier molecular flexibility index (Phi) is 12.9. The molecule has 0 radical (unpaired) electrons. The number of benzene rings is 10. The van der Waals surface area contributed by atoms with E-state index in [1.165, 1.54) is 72.3 Å². The van der Waals surface area contributed by atoms with Crippen LogP contribution in [0.4, 0.5) is 34.1 Å². The van der Waals surface area contributed by atoms with E-state index in [0.29, 0.717) is 11.8 Å². The highest BCUT2D eigenvalue weighted by molar-refractivity contribution is 5.84. The molecule has 0 atom stereocenters. The molecule has 0 fully saturated rings. The first-order chi connectivity index (χ1) is 33.8. The maximum absolute atomic E-state index is 2.37. The van der Waals surface area contributed by atoms with Crippen molar-refractivity contribution in [2.45, 2.75) is 46.5 Å². The standard InChI is InChI=1S/C67H58N2/c1-47(2)50-16-20-54(21-17-50)58-28-36-62(37-29-58)68(61-34-24-56(25-35-61)52-12-8-6-9-13-52)63-42-32-60(33-43-63)67-45-44-66(46-49(67)5)69(64-38-26-57(27-39-64)53-14-10-7-11-15-53)65-40-30-59(31-41-65)55-22-18-51(19-23-55)48(3)4/h6-48H,1-5H3. The minimum absolute atomic E-state index is 0.505. The molecule has 2 nitrogen and oxygen atoms in total. The summed E-state index contributed by atoms with van der Waals surface area (Å²) >= 11 is 0. The Balaban J connectivity index is 0.968. The summed E-state index contributed by atoms with van der Waals surface area (Å²) in [4.78, 5) is 4.72. The van der Waals surface area contributed by atoms with Crippen LogP contribution in [-0.4, -0.2) is 0 Å². The fourth-order valence-corrected chi connectivity index (χ4v) is 9.39. The van der Waals surface area contributed by atoms with Crippen molar-refractivity contribution in [2.75, 3.05) is 9.80 Å². The zero-order valence-corrected chi connectivity index (χ0v) is 40.2. The van der Waals surface area contributed by atoms with E-state index < -0.39 is 0 Å². The average molecular weight is 891 g/mol. The molecule has 0 aliphatic carbocycles. The molecular weight excluding hydrogens is 833 g/mol. The van der Waals surface area contributed by atoms with Gasteiger partial charge in [0.15, 0.2) is 0 Å². The molecule has 336 valence electrons. The first-order valence-corrected chi connectivity index (χ1v) is 24.3. The third kappa shape index (κ3) is 9.80. The van der Waals surface area contributed by atoms with Crippen molar-refractivity contribution in [3.05, 3.63) is 265 Å². The van der Waals surface area contributed by atoms with E-state index in [9.17, 15) is 0 Å². The van der Waals surface area contributed by atoms with Crippen molar-refractivity contribution in [3.63, 3.8) is 0 Å². The van der Waals surface area contributed by atoms with E-state index in [1.807, 2.05) is 0 Å². The molecule has 0 aliphatic heterocycles. The monoisotopic (exact) mass is 890 g/mol. The van der Waals surface area contributed by atoms with Gasteiger partial charge >= 0.3 is 0 Å². The zero-order valence-electron chi connectivity index (χ0n) is 40.2. The minimum atomic E-state index is 0.505. The van der Waals surface area contributed by atoms with Gasteiger partial charge in [-0.2, -0.15) is 0 Å². The van der Waals surface area contributed by atoms with Gasteiger partial charge in [0.25, 0.3) is 0 Å². The molecule has 0 saturated heterocycles. The molecule has 0 N–H and O–H groups in total. The molecule has 10 aromatic carbocycles. The van der Waals surface area contributed by atoms with Crippen LogP contribution in [0.1, 0.15) is 56.2 Å². The second-order valence-electron chi connectivity index (χ2n) is 18.7. The molecule has 0 unspecified atom stereocenters. The number of nitrogens with zero attached hydrogens (tertiary/aromatic N) is 2. The van der Waals surface area contributed by atoms with Gasteiger partial charge in [0.2, 0.25) is 0 Å². The second-order valence-corrected chi connectivity index (χ2v) is 18.7. The third-order valence-electron chi connectivity index (χ3n) is 13.4. The van der Waals surface area contributed by atoms with Crippen molar-refractivity contribution in [1.82, 2.24) is 0 Å². The Morgan fingerprint density at radius 3 is 0.783 bits per heavy atom. The number of hydrogen-bond donors (Lipinski definition) is 0. The molecule has 10 aromatic rings. The van der Waals surface area contributed by atoms with Crippen molar-refractivity contribution >= 4 is 34.1 Å². The van der Waals surface area contributed by atoms with Crippen molar-refractivity contribution < 1.29 is 0 Å². The van der Waals surface area contributed by atoms with Crippen molar-refractivity contribution in [1.29, 1.82) is 0 Å². The number of aryl methyl sites for hydroxylation is 1. The molecule has 2 heteroatoms. The van der Waals surface area contributed by atoms with E-state index in [2.05, 4.69) is 293 Å². The Morgan fingerprint density at radius 2 is 0.493 bits per heavy atom. The van der Waals surface area contributed by atoms with Crippen LogP contribution in [0.3, 0.4) is 0 Å². The second kappa shape index (κ2) is 20.0. The summed E-state index contributed by atoms with van der Waals surface area (Å²) in [7, 11) is 0. The van der Waals surface area contributed by atoms with Crippen LogP contribution in [0, 0.1) is 6.92 Å². The normalized spacial score (nSPS) is 11.2. The minimum Gasteiger partial charge on any atom is -0.311 e. The van der Waals surface area contributed by atoms with Crippen LogP contribution in [0.25, 0.3) is 55.6 Å². The van der Waals surface area contributed by atoms with Crippen molar-refractivity contribution in [2.24, 2.45) is 0 Å². The Labute approximate surface area is 409 Å². The summed E-state index contributed by atoms with van der Waals surface area (Å²) in [6.45, 7) is 11.2. The van der Waals surface area contributed by atoms with Crippen LogP contribution in [0.2, 0.25) is 0 Å². The summed E-state index contributed by atoms with van der Waals surface area (Å²) in [5.41, 5.74) is 22.6. The van der Waals surface area contributed by atoms with Crippen molar-refractivity contribution in [3.8, 4) is 55.6 Å². The fourth-order valence-electron chi connectivity index (χ4n) is 9.39. The van der Waals surface area contributed by atoms with Crippen LogP contribution in [0.5, 0.6) is 0 Å². The lowest BCUT2D eigenvalue weighted by molar-refractivity contribution is 0.867. The molecule has 0 amide bonds. The van der Waals surface area contributed by atoms with Crippen LogP contribution in [-0.2, 0) is 0 Å². The Morgan fingerprint density at radius 1 is 0.246 bits per heavy atom. The van der Waals surface area contributed by atoms with Gasteiger partial charge in [-0.1, -0.05) is 204 Å². The predicted molar refractivity (Wildman–Crippen MR) is 296 cm³/mol. The maximum Gasteiger partial charge on any atom is 0.0464 e. The highest BCUT2D eigenvalue weighted by Crippen LogP contribution is 2.41. The molecule has 0 saturated carbocycles. The van der Waals surface area contributed by atoms with Crippen LogP contribution >= 0.6 is 0 Å². The van der Waals surface area contributed by atoms with Gasteiger partial charge in [-0.05, 0) is 164 Å². The molecule has 69 heavy (non-hydrogen) atoms. The fraction of sp³-hybridized carbons (Fsp3) is 0.104. The topological polar surface area (TPSA) is 6.48 Å². The summed E-state index contributed by atoms with van der Waals surface area (Å²) in [5.74, 6) is 1.01.